The highest BCUT2D eigenvalue weighted by Crippen LogP contribution is 2.23. The van der Waals surface area contributed by atoms with Gasteiger partial charge in [0.25, 0.3) is 0 Å². The van der Waals surface area contributed by atoms with E-state index in [9.17, 15) is 4.79 Å². The number of piperazine rings is 1. The Kier molecular flexibility index (Phi) is 6.81. The van der Waals surface area contributed by atoms with Gasteiger partial charge in [-0.25, -0.2) is 0 Å². The molecular weight excluding hydrogens is 362 g/mol. The number of carbonyl (C=O) groups is 1. The average Bonchev–Trinajstić information content (AvgIpc) is 2.66. The van der Waals surface area contributed by atoms with Gasteiger partial charge in [0.1, 0.15) is 4.32 Å². The monoisotopic (exact) mass is 391 g/mol. The van der Waals surface area contributed by atoms with Gasteiger partial charge in [-0.05, 0) is 30.4 Å². The van der Waals surface area contributed by atoms with E-state index in [4.69, 9.17) is 12.2 Å². The smallest absolute Gasteiger partial charge is 0.233 e. The predicted molar refractivity (Wildman–Crippen MR) is 115 cm³/mol. The van der Waals surface area contributed by atoms with Crippen molar-refractivity contribution in [3.63, 3.8) is 0 Å². The van der Waals surface area contributed by atoms with E-state index in [1.54, 1.807) is 0 Å². The molecule has 2 aliphatic heterocycles. The van der Waals surface area contributed by atoms with E-state index < -0.39 is 0 Å². The molecule has 1 aromatic rings. The number of thiocarbonyl (C=S) groups is 1. The Balaban J connectivity index is 1.42. The molecule has 0 aliphatic carbocycles. The standard InChI is InChI=1S/C20H29N3OS2/c1-16-12-17(2)14-23(13-16)19(24)15-26-20(25)22-10-8-21(9-11-22)18-6-4-3-5-7-18/h3-7,16-17H,8-15H2,1-2H3/t16-,17-/m0/s1. The molecule has 2 saturated heterocycles. The number of piperidine rings is 1. The maximum Gasteiger partial charge on any atom is 0.233 e. The highest BCUT2D eigenvalue weighted by molar-refractivity contribution is 8.23. The van der Waals surface area contributed by atoms with E-state index in [-0.39, 0.29) is 5.91 Å². The van der Waals surface area contributed by atoms with Crippen molar-refractivity contribution in [2.75, 3.05) is 49.9 Å². The minimum atomic E-state index is 0.235. The normalized spacial score (nSPS) is 23.8. The molecule has 2 fully saturated rings. The Morgan fingerprint density at radius 2 is 1.65 bits per heavy atom. The number of thioether (sulfide) groups is 1. The van der Waals surface area contributed by atoms with E-state index in [0.717, 1.165) is 43.6 Å². The topological polar surface area (TPSA) is 26.8 Å². The second kappa shape index (κ2) is 9.09. The number of hydrogen-bond acceptors (Lipinski definition) is 4. The molecule has 0 N–H and O–H groups in total. The largest absolute Gasteiger partial charge is 0.368 e. The Labute approximate surface area is 166 Å². The van der Waals surface area contributed by atoms with Gasteiger partial charge >= 0.3 is 0 Å². The Hall–Kier alpha value is -1.27. The number of hydrogen-bond donors (Lipinski definition) is 0. The third kappa shape index (κ3) is 5.13. The number of likely N-dealkylation sites (tertiary alicyclic amines) is 1. The van der Waals surface area contributed by atoms with Crippen LogP contribution in [-0.2, 0) is 4.79 Å². The fourth-order valence-corrected chi connectivity index (χ4v) is 5.11. The van der Waals surface area contributed by atoms with Crippen LogP contribution in [0.15, 0.2) is 30.3 Å². The van der Waals surface area contributed by atoms with Crippen LogP contribution in [-0.4, -0.2) is 65.0 Å². The summed E-state index contributed by atoms with van der Waals surface area (Å²) >= 11 is 7.13. The average molecular weight is 392 g/mol. The van der Waals surface area contributed by atoms with Gasteiger partial charge in [0.15, 0.2) is 0 Å². The number of nitrogens with zero attached hydrogens (tertiary/aromatic N) is 3. The van der Waals surface area contributed by atoms with Crippen molar-refractivity contribution in [2.24, 2.45) is 11.8 Å². The first-order valence-corrected chi connectivity index (χ1v) is 10.9. The molecule has 0 unspecified atom stereocenters. The summed E-state index contributed by atoms with van der Waals surface area (Å²) in [5.74, 6) is 1.91. The summed E-state index contributed by atoms with van der Waals surface area (Å²) in [5.41, 5.74) is 1.27. The second-order valence-corrected chi connectivity index (χ2v) is 9.22. The number of amides is 1. The number of rotatable bonds is 3. The molecule has 1 aromatic carbocycles. The van der Waals surface area contributed by atoms with E-state index in [1.165, 1.54) is 23.9 Å². The lowest BCUT2D eigenvalue weighted by Gasteiger charge is -2.37. The van der Waals surface area contributed by atoms with Gasteiger partial charge in [-0.3, -0.25) is 4.79 Å². The first-order valence-electron chi connectivity index (χ1n) is 9.52. The third-order valence-corrected chi connectivity index (χ3v) is 6.71. The first kappa shape index (κ1) is 19.5. The molecule has 4 nitrogen and oxygen atoms in total. The van der Waals surface area contributed by atoms with Gasteiger partial charge in [-0.1, -0.05) is 56.0 Å². The van der Waals surface area contributed by atoms with Gasteiger partial charge in [0.05, 0.1) is 5.75 Å². The fourth-order valence-electron chi connectivity index (χ4n) is 3.96. The molecule has 2 atom stereocenters. The SMILES string of the molecule is C[C@H]1C[C@H](C)CN(C(=O)CSC(=S)N2CCN(c3ccccc3)CC2)C1. The number of benzene rings is 1. The van der Waals surface area contributed by atoms with Gasteiger partial charge in [-0.15, -0.1) is 0 Å². The predicted octanol–water partition coefficient (Wildman–Crippen LogP) is 3.33. The summed E-state index contributed by atoms with van der Waals surface area (Å²) in [6.07, 6.45) is 1.22. The van der Waals surface area contributed by atoms with Crippen LogP contribution in [0, 0.1) is 11.8 Å². The Morgan fingerprint density at radius 3 is 2.27 bits per heavy atom. The molecule has 0 spiro atoms. The minimum absolute atomic E-state index is 0.235. The summed E-state index contributed by atoms with van der Waals surface area (Å²) < 4.78 is 0.865. The number of para-hydroxylation sites is 1. The minimum Gasteiger partial charge on any atom is -0.368 e. The van der Waals surface area contributed by atoms with Crippen molar-refractivity contribution in [3.05, 3.63) is 30.3 Å². The highest BCUT2D eigenvalue weighted by atomic mass is 32.2. The van der Waals surface area contributed by atoms with E-state index in [0.29, 0.717) is 17.6 Å². The van der Waals surface area contributed by atoms with Crippen LogP contribution in [0.3, 0.4) is 0 Å². The van der Waals surface area contributed by atoms with E-state index in [2.05, 4.69) is 47.9 Å². The van der Waals surface area contributed by atoms with Crippen molar-refractivity contribution >= 4 is 39.9 Å². The van der Waals surface area contributed by atoms with Crippen LogP contribution < -0.4 is 4.90 Å². The molecule has 0 radical (unpaired) electrons. The molecule has 0 aromatic heterocycles. The zero-order valence-corrected chi connectivity index (χ0v) is 17.4. The van der Waals surface area contributed by atoms with Crippen LogP contribution in [0.4, 0.5) is 5.69 Å². The summed E-state index contributed by atoms with van der Waals surface area (Å²) in [4.78, 5) is 19.2. The zero-order chi connectivity index (χ0) is 18.5. The Morgan fingerprint density at radius 1 is 1.04 bits per heavy atom. The maximum atomic E-state index is 12.5. The van der Waals surface area contributed by atoms with Crippen LogP contribution in [0.1, 0.15) is 20.3 Å². The Bertz CT molecular complexity index is 607. The molecule has 0 bridgehead atoms. The third-order valence-electron chi connectivity index (χ3n) is 5.20. The van der Waals surface area contributed by atoms with Crippen LogP contribution in [0.25, 0.3) is 0 Å². The molecule has 1 amide bonds. The molecule has 6 heteroatoms. The van der Waals surface area contributed by atoms with E-state index in [1.807, 2.05) is 11.0 Å². The second-order valence-electron chi connectivity index (χ2n) is 7.61. The van der Waals surface area contributed by atoms with E-state index >= 15 is 0 Å². The molecule has 2 heterocycles. The highest BCUT2D eigenvalue weighted by Gasteiger charge is 2.26. The molecular formula is C20H29N3OS2. The first-order chi connectivity index (χ1) is 12.5. The maximum absolute atomic E-state index is 12.5. The molecule has 2 aliphatic rings. The van der Waals surface area contributed by atoms with Crippen LogP contribution in [0.2, 0.25) is 0 Å². The number of carbonyl (C=O) groups excluding carboxylic acids is 1. The van der Waals surface area contributed by atoms with Gasteiger partial charge in [-0.2, -0.15) is 0 Å². The van der Waals surface area contributed by atoms with Gasteiger partial charge in [0, 0.05) is 45.0 Å². The lowest BCUT2D eigenvalue weighted by molar-refractivity contribution is -0.130. The summed E-state index contributed by atoms with van der Waals surface area (Å²) in [5, 5.41) is 0. The van der Waals surface area contributed by atoms with Gasteiger partial charge in [0.2, 0.25) is 5.91 Å². The summed E-state index contributed by atoms with van der Waals surface area (Å²) in [7, 11) is 0. The van der Waals surface area contributed by atoms with Crippen molar-refractivity contribution in [2.45, 2.75) is 20.3 Å². The molecule has 0 saturated carbocycles. The molecule has 142 valence electrons. The van der Waals surface area contributed by atoms with Crippen LogP contribution in [0.5, 0.6) is 0 Å². The number of anilines is 1. The van der Waals surface area contributed by atoms with Crippen LogP contribution >= 0.6 is 24.0 Å². The zero-order valence-electron chi connectivity index (χ0n) is 15.8. The lowest BCUT2D eigenvalue weighted by Crippen LogP contribution is -2.48. The molecule has 3 rings (SSSR count). The van der Waals surface area contributed by atoms with Crippen molar-refractivity contribution in [1.29, 1.82) is 0 Å². The van der Waals surface area contributed by atoms with Crippen molar-refractivity contribution in [1.82, 2.24) is 9.80 Å². The van der Waals surface area contributed by atoms with Crippen molar-refractivity contribution in [3.8, 4) is 0 Å². The van der Waals surface area contributed by atoms with Crippen molar-refractivity contribution < 1.29 is 4.79 Å². The fraction of sp³-hybridized carbons (Fsp3) is 0.600. The summed E-state index contributed by atoms with van der Waals surface area (Å²) in [6, 6.07) is 10.5. The molecule has 26 heavy (non-hydrogen) atoms. The lowest BCUT2D eigenvalue weighted by atomic mass is 9.92. The van der Waals surface area contributed by atoms with Gasteiger partial charge < -0.3 is 14.7 Å². The quantitative estimate of drug-likeness (QED) is 0.737. The summed E-state index contributed by atoms with van der Waals surface area (Å²) in [6.45, 7) is 10.1.